The summed E-state index contributed by atoms with van der Waals surface area (Å²) >= 11 is 0. The van der Waals surface area contributed by atoms with Gasteiger partial charge in [0.15, 0.2) is 0 Å². The Morgan fingerprint density at radius 2 is 1.54 bits per heavy atom. The summed E-state index contributed by atoms with van der Waals surface area (Å²) in [5.74, 6) is -1.22. The molecule has 8 heteroatoms. The predicted octanol–water partition coefficient (Wildman–Crippen LogP) is 0.917. The fourth-order valence-corrected chi connectivity index (χ4v) is 3.01. The summed E-state index contributed by atoms with van der Waals surface area (Å²) in [5.41, 5.74) is 2.09. The Morgan fingerprint density at radius 1 is 0.923 bits per heavy atom. The van der Waals surface area contributed by atoms with Crippen molar-refractivity contribution < 1.29 is 28.5 Å². The highest BCUT2D eigenvalue weighted by Crippen LogP contribution is 2.28. The molecular weight excluding hydrogens is 340 g/mol. The van der Waals surface area contributed by atoms with Crippen LogP contribution in [0.5, 0.6) is 0 Å². The van der Waals surface area contributed by atoms with Crippen molar-refractivity contribution in [3.8, 4) is 0 Å². The van der Waals surface area contributed by atoms with Gasteiger partial charge in [-0.1, -0.05) is 0 Å². The largest absolute Gasteiger partial charge is 0.466 e. The molecule has 8 nitrogen and oxygen atoms in total. The van der Waals surface area contributed by atoms with Crippen LogP contribution in [0.2, 0.25) is 0 Å². The topological polar surface area (TPSA) is 77.5 Å². The first-order valence-electron chi connectivity index (χ1n) is 8.33. The van der Waals surface area contributed by atoms with Crippen LogP contribution in [0.4, 0.5) is 11.4 Å². The third kappa shape index (κ3) is 3.66. The van der Waals surface area contributed by atoms with E-state index in [1.165, 1.54) is 14.2 Å². The zero-order valence-corrected chi connectivity index (χ0v) is 14.9. The molecule has 0 bridgehead atoms. The molecule has 0 aromatic heterocycles. The van der Waals surface area contributed by atoms with E-state index in [0.29, 0.717) is 13.2 Å². The van der Waals surface area contributed by atoms with Crippen molar-refractivity contribution in [2.75, 3.05) is 63.7 Å². The molecule has 140 valence electrons. The second-order valence-corrected chi connectivity index (χ2v) is 5.83. The van der Waals surface area contributed by atoms with E-state index < -0.39 is 11.9 Å². The number of hydrogen-bond donors (Lipinski definition) is 0. The monoisotopic (exact) mass is 362 g/mol. The molecule has 0 spiro atoms. The van der Waals surface area contributed by atoms with Crippen LogP contribution in [-0.4, -0.2) is 65.8 Å². The maximum absolute atomic E-state index is 12.3. The Bertz CT molecular complexity index is 694. The summed E-state index contributed by atoms with van der Waals surface area (Å²) in [6.07, 6.45) is 0. The molecule has 0 amide bonds. The highest BCUT2D eigenvalue weighted by atomic mass is 16.5. The van der Waals surface area contributed by atoms with Gasteiger partial charge in [0.05, 0.1) is 39.6 Å². The van der Waals surface area contributed by atoms with Gasteiger partial charge in [-0.15, -0.1) is 0 Å². The fourth-order valence-electron chi connectivity index (χ4n) is 3.01. The van der Waals surface area contributed by atoms with E-state index in [1.807, 2.05) is 24.3 Å². The number of carbonyl (C=O) groups excluding carboxylic acids is 2. The number of benzene rings is 1. The minimum Gasteiger partial charge on any atom is -0.466 e. The standard InChI is InChI=1S/C18H22N2O6/c1-23-17(21)15-11-26-12-20(16(15)18(22)24-2)14-5-3-13(4-6-14)19-7-9-25-10-8-19/h3-6H,7-12H2,1-2H3. The van der Waals surface area contributed by atoms with Gasteiger partial charge in [0, 0.05) is 24.5 Å². The number of esters is 2. The Hall–Kier alpha value is -2.58. The first-order chi connectivity index (χ1) is 12.7. The first kappa shape index (κ1) is 18.2. The maximum Gasteiger partial charge on any atom is 0.355 e. The van der Waals surface area contributed by atoms with Crippen LogP contribution < -0.4 is 9.80 Å². The van der Waals surface area contributed by atoms with Crippen molar-refractivity contribution in [2.45, 2.75) is 0 Å². The summed E-state index contributed by atoms with van der Waals surface area (Å²) in [7, 11) is 2.54. The minimum absolute atomic E-state index is 0.000528. The zero-order valence-electron chi connectivity index (χ0n) is 14.9. The number of carbonyl (C=O) groups is 2. The Labute approximate surface area is 151 Å². The van der Waals surface area contributed by atoms with Gasteiger partial charge in [-0.3, -0.25) is 0 Å². The fraction of sp³-hybridized carbons (Fsp3) is 0.444. The number of hydrogen-bond acceptors (Lipinski definition) is 8. The number of nitrogens with zero attached hydrogens (tertiary/aromatic N) is 2. The Morgan fingerprint density at radius 3 is 2.15 bits per heavy atom. The molecule has 1 saturated heterocycles. The summed E-state index contributed by atoms with van der Waals surface area (Å²) in [4.78, 5) is 28.2. The molecule has 2 heterocycles. The number of ether oxygens (including phenoxy) is 4. The average molecular weight is 362 g/mol. The van der Waals surface area contributed by atoms with E-state index in [0.717, 1.165) is 24.5 Å². The van der Waals surface area contributed by atoms with Crippen LogP contribution in [0.25, 0.3) is 0 Å². The first-order valence-corrected chi connectivity index (χ1v) is 8.33. The van der Waals surface area contributed by atoms with Gasteiger partial charge in [0.25, 0.3) is 0 Å². The van der Waals surface area contributed by atoms with Gasteiger partial charge in [-0.25, -0.2) is 9.59 Å². The Balaban J connectivity index is 1.90. The quantitative estimate of drug-likeness (QED) is 0.732. The highest BCUT2D eigenvalue weighted by Gasteiger charge is 2.32. The second kappa shape index (κ2) is 8.20. The lowest BCUT2D eigenvalue weighted by Gasteiger charge is -2.32. The van der Waals surface area contributed by atoms with E-state index >= 15 is 0 Å². The second-order valence-electron chi connectivity index (χ2n) is 5.83. The van der Waals surface area contributed by atoms with Crippen molar-refractivity contribution >= 4 is 23.3 Å². The highest BCUT2D eigenvalue weighted by molar-refractivity contribution is 6.03. The molecule has 3 rings (SSSR count). The number of methoxy groups -OCH3 is 2. The lowest BCUT2D eigenvalue weighted by molar-refractivity contribution is -0.140. The van der Waals surface area contributed by atoms with Crippen LogP contribution >= 0.6 is 0 Å². The van der Waals surface area contributed by atoms with Crippen molar-refractivity contribution in [3.05, 3.63) is 35.5 Å². The molecule has 0 aliphatic carbocycles. The molecule has 0 radical (unpaired) electrons. The molecule has 0 saturated carbocycles. The van der Waals surface area contributed by atoms with E-state index in [4.69, 9.17) is 18.9 Å². The Kier molecular flexibility index (Phi) is 5.75. The van der Waals surface area contributed by atoms with Crippen molar-refractivity contribution in [1.82, 2.24) is 0 Å². The van der Waals surface area contributed by atoms with Crippen LogP contribution in [0, 0.1) is 0 Å². The maximum atomic E-state index is 12.3. The van der Waals surface area contributed by atoms with E-state index in [2.05, 4.69) is 4.90 Å². The van der Waals surface area contributed by atoms with Gasteiger partial charge in [-0.2, -0.15) is 0 Å². The summed E-state index contributed by atoms with van der Waals surface area (Å²) < 4.78 is 20.5. The summed E-state index contributed by atoms with van der Waals surface area (Å²) in [6.45, 7) is 3.23. The molecule has 1 fully saturated rings. The number of anilines is 2. The van der Waals surface area contributed by atoms with Gasteiger partial charge in [0.2, 0.25) is 0 Å². The third-order valence-corrected chi connectivity index (χ3v) is 4.37. The molecule has 0 N–H and O–H groups in total. The van der Waals surface area contributed by atoms with Crippen LogP contribution in [-0.2, 0) is 28.5 Å². The molecule has 26 heavy (non-hydrogen) atoms. The lowest BCUT2D eigenvalue weighted by Crippen LogP contribution is -2.39. The molecule has 0 unspecified atom stereocenters. The van der Waals surface area contributed by atoms with Crippen molar-refractivity contribution in [3.63, 3.8) is 0 Å². The molecule has 2 aliphatic heterocycles. The predicted molar refractivity (Wildman–Crippen MR) is 93.8 cm³/mol. The van der Waals surface area contributed by atoms with E-state index in [9.17, 15) is 9.59 Å². The molecule has 1 aromatic carbocycles. The molecular formula is C18H22N2O6. The van der Waals surface area contributed by atoms with Gasteiger partial charge in [0.1, 0.15) is 12.4 Å². The number of rotatable bonds is 4. The van der Waals surface area contributed by atoms with Gasteiger partial charge < -0.3 is 28.7 Å². The summed E-state index contributed by atoms with van der Waals surface area (Å²) in [5, 5.41) is 0. The van der Waals surface area contributed by atoms with Crippen molar-refractivity contribution in [2.24, 2.45) is 0 Å². The normalized spacial score (nSPS) is 17.9. The van der Waals surface area contributed by atoms with E-state index in [1.54, 1.807) is 4.90 Å². The minimum atomic E-state index is -0.611. The van der Waals surface area contributed by atoms with E-state index in [-0.39, 0.29) is 24.6 Å². The molecule has 0 atom stereocenters. The van der Waals surface area contributed by atoms with Crippen LogP contribution in [0.1, 0.15) is 0 Å². The average Bonchev–Trinajstić information content (AvgIpc) is 2.72. The third-order valence-electron chi connectivity index (χ3n) is 4.37. The smallest absolute Gasteiger partial charge is 0.355 e. The lowest BCUT2D eigenvalue weighted by atomic mass is 10.1. The SMILES string of the molecule is COC(=O)C1=C(C(=O)OC)N(c2ccc(N3CCOCC3)cc2)COC1. The van der Waals surface area contributed by atoms with Crippen molar-refractivity contribution in [1.29, 1.82) is 0 Å². The van der Waals surface area contributed by atoms with Gasteiger partial charge in [-0.05, 0) is 24.3 Å². The number of morpholine rings is 1. The van der Waals surface area contributed by atoms with Crippen LogP contribution in [0.3, 0.4) is 0 Å². The summed E-state index contributed by atoms with van der Waals surface area (Å²) in [6, 6.07) is 7.72. The molecule has 1 aromatic rings. The molecule has 2 aliphatic rings. The van der Waals surface area contributed by atoms with Crippen LogP contribution in [0.15, 0.2) is 35.5 Å². The van der Waals surface area contributed by atoms with Gasteiger partial charge >= 0.3 is 11.9 Å². The zero-order chi connectivity index (χ0) is 18.5.